The molecule has 0 amide bonds. The first-order valence-electron chi connectivity index (χ1n) is 7.00. The van der Waals surface area contributed by atoms with E-state index in [9.17, 15) is 4.79 Å². The Balaban J connectivity index is 2.83. The fourth-order valence-electron chi connectivity index (χ4n) is 1.99. The lowest BCUT2D eigenvalue weighted by Crippen LogP contribution is -2.31. The van der Waals surface area contributed by atoms with Crippen molar-refractivity contribution in [2.75, 3.05) is 18.0 Å². The molecule has 4 heteroatoms. The maximum absolute atomic E-state index is 10.5. The van der Waals surface area contributed by atoms with Crippen LogP contribution in [-0.4, -0.2) is 29.1 Å². The lowest BCUT2D eigenvalue weighted by atomic mass is 10.1. The number of aliphatic carboxylic acids is 1. The molecule has 1 aromatic heterocycles. The van der Waals surface area contributed by atoms with Crippen molar-refractivity contribution in [3.05, 3.63) is 30.0 Å². The fourth-order valence-corrected chi connectivity index (χ4v) is 1.99. The minimum Gasteiger partial charge on any atom is -0.478 e. The molecule has 1 N–H and O–H groups in total. The number of nitrogens with zero attached hydrogens (tertiary/aromatic N) is 2. The monoisotopic (exact) mass is 276 g/mol. The molecule has 4 nitrogen and oxygen atoms in total. The number of anilines is 1. The molecule has 0 atom stereocenters. The molecule has 0 radical (unpaired) electrons. The van der Waals surface area contributed by atoms with Gasteiger partial charge in [0.25, 0.3) is 0 Å². The van der Waals surface area contributed by atoms with Gasteiger partial charge in [0.1, 0.15) is 5.82 Å². The van der Waals surface area contributed by atoms with Crippen molar-refractivity contribution in [3.8, 4) is 0 Å². The third-order valence-electron chi connectivity index (χ3n) is 2.68. The largest absolute Gasteiger partial charge is 0.478 e. The number of hydrogen-bond acceptors (Lipinski definition) is 3. The Hall–Kier alpha value is -1.84. The van der Waals surface area contributed by atoms with E-state index in [4.69, 9.17) is 5.11 Å². The number of carbonyl (C=O) groups is 1. The molecule has 0 aliphatic rings. The molecule has 0 aromatic carbocycles. The number of aromatic nitrogens is 1. The van der Waals surface area contributed by atoms with Crippen molar-refractivity contribution in [1.29, 1.82) is 0 Å². The third kappa shape index (κ3) is 5.87. The summed E-state index contributed by atoms with van der Waals surface area (Å²) in [6.07, 6.45) is 4.38. The maximum atomic E-state index is 10.5. The van der Waals surface area contributed by atoms with Crippen LogP contribution >= 0.6 is 0 Å². The van der Waals surface area contributed by atoms with Crippen molar-refractivity contribution >= 4 is 17.9 Å². The molecule has 0 bridgehead atoms. The highest BCUT2D eigenvalue weighted by Crippen LogP contribution is 2.16. The number of pyridine rings is 1. The molecule has 0 saturated carbocycles. The molecule has 0 fully saturated rings. The van der Waals surface area contributed by atoms with Crippen molar-refractivity contribution in [2.24, 2.45) is 11.8 Å². The molecule has 0 aliphatic carbocycles. The summed E-state index contributed by atoms with van der Waals surface area (Å²) in [7, 11) is 0. The van der Waals surface area contributed by atoms with Gasteiger partial charge in [0.2, 0.25) is 0 Å². The molecule has 0 unspecified atom stereocenters. The van der Waals surface area contributed by atoms with Gasteiger partial charge in [0.05, 0.1) is 0 Å². The highest BCUT2D eigenvalue weighted by atomic mass is 16.4. The highest BCUT2D eigenvalue weighted by molar-refractivity contribution is 5.85. The van der Waals surface area contributed by atoms with Crippen LogP contribution in [0.5, 0.6) is 0 Å². The van der Waals surface area contributed by atoms with E-state index in [1.54, 1.807) is 12.3 Å². The second kappa shape index (κ2) is 7.68. The molecular formula is C16H24N2O2. The SMILES string of the molecule is CC(C)CN(CC(C)C)c1ccc(/C=C/C(=O)O)cn1. The highest BCUT2D eigenvalue weighted by Gasteiger charge is 2.11. The van der Waals surface area contributed by atoms with Gasteiger partial charge in [-0.3, -0.25) is 0 Å². The number of hydrogen-bond donors (Lipinski definition) is 1. The van der Waals surface area contributed by atoms with Gasteiger partial charge in [-0.05, 0) is 35.6 Å². The zero-order chi connectivity index (χ0) is 15.1. The van der Waals surface area contributed by atoms with Gasteiger partial charge in [-0.2, -0.15) is 0 Å². The molecule has 0 saturated heterocycles. The van der Waals surface area contributed by atoms with Crippen LogP contribution in [0.1, 0.15) is 33.3 Å². The van der Waals surface area contributed by atoms with Crippen molar-refractivity contribution in [1.82, 2.24) is 4.98 Å². The lowest BCUT2D eigenvalue weighted by Gasteiger charge is -2.27. The maximum Gasteiger partial charge on any atom is 0.328 e. The molecule has 1 rings (SSSR count). The Morgan fingerprint density at radius 1 is 1.25 bits per heavy atom. The minimum absolute atomic E-state index is 0.571. The molecule has 0 spiro atoms. The Bertz CT molecular complexity index is 440. The van der Waals surface area contributed by atoms with E-state index in [2.05, 4.69) is 37.6 Å². The fraction of sp³-hybridized carbons (Fsp3) is 0.500. The van der Waals surface area contributed by atoms with Gasteiger partial charge in [-0.1, -0.05) is 27.7 Å². The zero-order valence-corrected chi connectivity index (χ0v) is 12.7. The molecule has 0 aliphatic heterocycles. The lowest BCUT2D eigenvalue weighted by molar-refractivity contribution is -0.131. The van der Waals surface area contributed by atoms with Crippen LogP contribution < -0.4 is 4.90 Å². The second-order valence-corrected chi connectivity index (χ2v) is 5.81. The van der Waals surface area contributed by atoms with Crippen molar-refractivity contribution in [3.63, 3.8) is 0 Å². The van der Waals surface area contributed by atoms with E-state index >= 15 is 0 Å². The topological polar surface area (TPSA) is 53.4 Å². The minimum atomic E-state index is -0.949. The Kier molecular flexibility index (Phi) is 6.22. The van der Waals surface area contributed by atoms with Crippen LogP contribution in [-0.2, 0) is 4.79 Å². The first-order valence-corrected chi connectivity index (χ1v) is 7.00. The second-order valence-electron chi connectivity index (χ2n) is 5.81. The van der Waals surface area contributed by atoms with E-state index in [0.717, 1.165) is 30.5 Å². The van der Waals surface area contributed by atoms with E-state index < -0.39 is 5.97 Å². The van der Waals surface area contributed by atoms with Crippen LogP contribution in [0.4, 0.5) is 5.82 Å². The summed E-state index contributed by atoms with van der Waals surface area (Å²) < 4.78 is 0. The van der Waals surface area contributed by atoms with Gasteiger partial charge >= 0.3 is 5.97 Å². The van der Waals surface area contributed by atoms with Gasteiger partial charge in [-0.25, -0.2) is 9.78 Å². The van der Waals surface area contributed by atoms with Gasteiger partial charge in [0.15, 0.2) is 0 Å². The quantitative estimate of drug-likeness (QED) is 0.776. The predicted octanol–water partition coefficient (Wildman–Crippen LogP) is 3.30. The van der Waals surface area contributed by atoms with Crippen LogP contribution in [0.2, 0.25) is 0 Å². The molecule has 1 heterocycles. The Labute approximate surface area is 121 Å². The number of carboxylic acid groups (broad SMARTS) is 1. The van der Waals surface area contributed by atoms with Gasteiger partial charge in [-0.15, -0.1) is 0 Å². The average molecular weight is 276 g/mol. The van der Waals surface area contributed by atoms with E-state index in [0.29, 0.717) is 11.8 Å². The van der Waals surface area contributed by atoms with E-state index in [1.807, 2.05) is 12.1 Å². The molecule has 110 valence electrons. The number of carboxylic acids is 1. The summed E-state index contributed by atoms with van der Waals surface area (Å²) in [5.41, 5.74) is 0.796. The van der Waals surface area contributed by atoms with Crippen LogP contribution in [0.3, 0.4) is 0 Å². The standard InChI is InChI=1S/C16H24N2O2/c1-12(2)10-18(11-13(3)4)15-7-5-14(9-17-15)6-8-16(19)20/h5-9,12-13H,10-11H2,1-4H3,(H,19,20)/b8-6+. The third-order valence-corrected chi connectivity index (χ3v) is 2.68. The predicted molar refractivity (Wildman–Crippen MR) is 82.8 cm³/mol. The zero-order valence-electron chi connectivity index (χ0n) is 12.7. The molecule has 20 heavy (non-hydrogen) atoms. The first kappa shape index (κ1) is 16.2. The Morgan fingerprint density at radius 2 is 1.85 bits per heavy atom. The van der Waals surface area contributed by atoms with Crippen LogP contribution in [0, 0.1) is 11.8 Å². The van der Waals surface area contributed by atoms with E-state index in [1.165, 1.54) is 0 Å². The average Bonchev–Trinajstić information content (AvgIpc) is 2.35. The summed E-state index contributed by atoms with van der Waals surface area (Å²) in [6.45, 7) is 10.7. The normalized spacial score (nSPS) is 11.5. The first-order chi connectivity index (χ1) is 9.38. The van der Waals surface area contributed by atoms with Crippen LogP contribution in [0.25, 0.3) is 6.08 Å². The summed E-state index contributed by atoms with van der Waals surface area (Å²) >= 11 is 0. The van der Waals surface area contributed by atoms with Crippen LogP contribution in [0.15, 0.2) is 24.4 Å². The molecular weight excluding hydrogens is 252 g/mol. The summed E-state index contributed by atoms with van der Waals surface area (Å²) in [4.78, 5) is 17.2. The van der Waals surface area contributed by atoms with Gasteiger partial charge < -0.3 is 10.0 Å². The number of rotatable bonds is 7. The molecule has 1 aromatic rings. The summed E-state index contributed by atoms with van der Waals surface area (Å²) in [6, 6.07) is 3.85. The van der Waals surface area contributed by atoms with Crippen molar-refractivity contribution in [2.45, 2.75) is 27.7 Å². The van der Waals surface area contributed by atoms with E-state index in [-0.39, 0.29) is 0 Å². The van der Waals surface area contributed by atoms with Crippen molar-refractivity contribution < 1.29 is 9.90 Å². The van der Waals surface area contributed by atoms with Gasteiger partial charge in [0, 0.05) is 25.4 Å². The smallest absolute Gasteiger partial charge is 0.328 e. The Morgan fingerprint density at radius 3 is 2.25 bits per heavy atom. The summed E-state index contributed by atoms with van der Waals surface area (Å²) in [5.74, 6) is 1.14. The summed E-state index contributed by atoms with van der Waals surface area (Å²) in [5, 5.41) is 8.60.